The van der Waals surface area contributed by atoms with Crippen molar-refractivity contribution >= 4 is 35.1 Å². The molecule has 0 aliphatic carbocycles. The number of anilines is 1. The zero-order valence-electron chi connectivity index (χ0n) is 19.0. The van der Waals surface area contributed by atoms with Crippen molar-refractivity contribution in [1.29, 1.82) is 0 Å². The summed E-state index contributed by atoms with van der Waals surface area (Å²) in [5.41, 5.74) is -1.46. The van der Waals surface area contributed by atoms with Gasteiger partial charge in [-0.25, -0.2) is 0 Å². The van der Waals surface area contributed by atoms with Crippen LogP contribution in [0.2, 0.25) is 5.02 Å². The van der Waals surface area contributed by atoms with Gasteiger partial charge in [0.2, 0.25) is 11.8 Å². The van der Waals surface area contributed by atoms with Crippen LogP contribution < -0.4 is 5.32 Å². The molecule has 0 aromatic heterocycles. The Morgan fingerprint density at radius 2 is 2.03 bits per heavy atom. The number of nitrogens with one attached hydrogen (secondary N) is 1. The van der Waals surface area contributed by atoms with Crippen LogP contribution in [0, 0.1) is 11.8 Å². The lowest BCUT2D eigenvalue weighted by atomic mass is 9.65. The number of likely N-dealkylation sites (tertiary alicyclic amines) is 1. The minimum Gasteiger partial charge on any atom is -0.466 e. The number of aliphatic hydroxyl groups excluding tert-OH is 1. The maximum absolute atomic E-state index is 13.7. The van der Waals surface area contributed by atoms with Crippen LogP contribution >= 0.6 is 11.6 Å². The molecular weight excluding hydrogens is 448 g/mol. The molecule has 9 heteroatoms. The van der Waals surface area contributed by atoms with Crippen LogP contribution in [-0.4, -0.2) is 64.8 Å². The summed E-state index contributed by atoms with van der Waals surface area (Å²) in [5, 5.41) is 12.5. The highest BCUT2D eigenvalue weighted by molar-refractivity contribution is 6.33. The number of para-hydroxylation sites is 1. The molecule has 2 unspecified atom stereocenters. The average Bonchev–Trinajstić information content (AvgIpc) is 3.39. The van der Waals surface area contributed by atoms with E-state index in [1.807, 2.05) is 6.92 Å². The summed E-state index contributed by atoms with van der Waals surface area (Å²) in [6.07, 6.45) is 2.66. The quantitative estimate of drug-likeness (QED) is 0.417. The van der Waals surface area contributed by atoms with E-state index in [0.29, 0.717) is 42.8 Å². The standard InChI is InChI=1S/C24H31ClN2O6/c1-3-23-11-12-24(33-23)17(18(23)22(31)32-4-2)21(30)27(13-7-8-14-28)19(24)20(29)26-16-10-6-5-9-15(16)25/h5-6,9-10,17-19,28H,3-4,7-8,11-14H2,1-2H3,(H,26,29)/t17-,18-,19?,23+,24?/m0/s1. The van der Waals surface area contributed by atoms with Gasteiger partial charge in [0, 0.05) is 13.2 Å². The fraction of sp³-hybridized carbons (Fsp3) is 0.625. The third-order valence-electron chi connectivity index (χ3n) is 7.41. The zero-order chi connectivity index (χ0) is 23.8. The highest BCUT2D eigenvalue weighted by Gasteiger charge is 2.78. The van der Waals surface area contributed by atoms with E-state index in [1.165, 1.54) is 4.90 Å². The van der Waals surface area contributed by atoms with Crippen molar-refractivity contribution in [3.63, 3.8) is 0 Å². The van der Waals surface area contributed by atoms with Gasteiger partial charge in [-0.15, -0.1) is 0 Å². The Hall–Kier alpha value is -2.16. The third-order valence-corrected chi connectivity index (χ3v) is 7.74. The van der Waals surface area contributed by atoms with Gasteiger partial charge in [-0.3, -0.25) is 14.4 Å². The Balaban J connectivity index is 1.73. The summed E-state index contributed by atoms with van der Waals surface area (Å²) in [7, 11) is 0. The number of aliphatic hydroxyl groups is 1. The lowest BCUT2D eigenvalue weighted by molar-refractivity contribution is -0.160. The first-order valence-corrected chi connectivity index (χ1v) is 12.1. The van der Waals surface area contributed by atoms with Gasteiger partial charge >= 0.3 is 5.97 Å². The number of hydrogen-bond donors (Lipinski definition) is 2. The van der Waals surface area contributed by atoms with Gasteiger partial charge in [-0.2, -0.15) is 0 Å². The van der Waals surface area contributed by atoms with Gasteiger partial charge in [0.25, 0.3) is 0 Å². The third kappa shape index (κ3) is 3.72. The van der Waals surface area contributed by atoms with E-state index < -0.39 is 35.0 Å². The van der Waals surface area contributed by atoms with E-state index in [-0.39, 0.29) is 31.6 Å². The Labute approximate surface area is 198 Å². The number of nitrogens with zero attached hydrogens (tertiary/aromatic N) is 1. The van der Waals surface area contributed by atoms with Crippen LogP contribution in [0.1, 0.15) is 46.0 Å². The largest absolute Gasteiger partial charge is 0.466 e. The molecular formula is C24H31ClN2O6. The number of hydrogen-bond acceptors (Lipinski definition) is 6. The van der Waals surface area contributed by atoms with Crippen LogP contribution in [0.4, 0.5) is 5.69 Å². The first kappa shape index (κ1) is 24.0. The Bertz CT molecular complexity index is 941. The molecule has 33 heavy (non-hydrogen) atoms. The van der Waals surface area contributed by atoms with Crippen molar-refractivity contribution in [3.05, 3.63) is 29.3 Å². The molecule has 8 nitrogen and oxygen atoms in total. The Morgan fingerprint density at radius 1 is 1.27 bits per heavy atom. The van der Waals surface area contributed by atoms with Crippen molar-refractivity contribution in [2.24, 2.45) is 11.8 Å². The van der Waals surface area contributed by atoms with Gasteiger partial charge in [-0.1, -0.05) is 30.7 Å². The summed E-state index contributed by atoms with van der Waals surface area (Å²) in [6.45, 7) is 4.16. The van der Waals surface area contributed by atoms with Gasteiger partial charge in [0.15, 0.2) is 0 Å². The molecule has 3 heterocycles. The predicted molar refractivity (Wildman–Crippen MR) is 122 cm³/mol. The molecule has 4 rings (SSSR count). The summed E-state index contributed by atoms with van der Waals surface area (Å²) >= 11 is 6.26. The van der Waals surface area contributed by atoms with E-state index in [2.05, 4.69) is 5.32 Å². The molecule has 1 aromatic carbocycles. The van der Waals surface area contributed by atoms with Crippen LogP contribution in [0.25, 0.3) is 0 Å². The Morgan fingerprint density at radius 3 is 2.70 bits per heavy atom. The number of ether oxygens (including phenoxy) is 2. The molecule has 2 N–H and O–H groups in total. The van der Waals surface area contributed by atoms with Crippen LogP contribution in [0.5, 0.6) is 0 Å². The Kier molecular flexibility index (Phi) is 6.71. The number of fused-ring (bicyclic) bond motifs is 1. The molecule has 2 amide bonds. The fourth-order valence-electron chi connectivity index (χ4n) is 6.01. The van der Waals surface area contributed by atoms with E-state index in [4.69, 9.17) is 21.1 Å². The number of benzene rings is 1. The molecule has 0 saturated carbocycles. The number of amides is 2. The van der Waals surface area contributed by atoms with E-state index in [9.17, 15) is 19.5 Å². The minimum atomic E-state index is -1.10. The fourth-order valence-corrected chi connectivity index (χ4v) is 6.19. The highest BCUT2D eigenvalue weighted by atomic mass is 35.5. The topological polar surface area (TPSA) is 105 Å². The van der Waals surface area contributed by atoms with Crippen molar-refractivity contribution in [2.75, 3.05) is 25.1 Å². The number of carbonyl (C=O) groups excluding carboxylic acids is 3. The number of rotatable bonds is 9. The number of halogens is 1. The number of carbonyl (C=O) groups is 3. The molecule has 3 aliphatic heterocycles. The first-order chi connectivity index (χ1) is 15.8. The predicted octanol–water partition coefficient (Wildman–Crippen LogP) is 2.77. The van der Waals surface area contributed by atoms with Gasteiger partial charge < -0.3 is 24.8 Å². The molecule has 2 bridgehead atoms. The van der Waals surface area contributed by atoms with E-state index in [0.717, 1.165) is 0 Å². The SMILES string of the molecule is CCOC(=O)[C@@H]1[C@H]2C(=O)N(CCCCO)C(C(=O)Nc3ccccc3Cl)C23CC[C@@]1(CC)O3. The molecule has 3 fully saturated rings. The molecule has 0 radical (unpaired) electrons. The van der Waals surface area contributed by atoms with Gasteiger partial charge in [0.05, 0.1) is 28.8 Å². The second kappa shape index (κ2) is 9.24. The maximum atomic E-state index is 13.7. The summed E-state index contributed by atoms with van der Waals surface area (Å²) < 4.78 is 12.0. The maximum Gasteiger partial charge on any atom is 0.312 e. The summed E-state index contributed by atoms with van der Waals surface area (Å²) in [5.74, 6) is -2.62. The van der Waals surface area contributed by atoms with Gasteiger partial charge in [-0.05, 0) is 51.2 Å². The minimum absolute atomic E-state index is 0.00597. The molecule has 3 saturated heterocycles. The molecule has 5 atom stereocenters. The smallest absolute Gasteiger partial charge is 0.312 e. The highest BCUT2D eigenvalue weighted by Crippen LogP contribution is 2.64. The lowest BCUT2D eigenvalue weighted by Gasteiger charge is -2.33. The number of unbranched alkanes of at least 4 members (excludes halogenated alkanes) is 1. The molecule has 3 aliphatic rings. The van der Waals surface area contributed by atoms with Crippen LogP contribution in [0.15, 0.2) is 24.3 Å². The normalized spacial score (nSPS) is 32.2. The van der Waals surface area contributed by atoms with E-state index in [1.54, 1.807) is 31.2 Å². The lowest BCUT2D eigenvalue weighted by Crippen LogP contribution is -2.53. The zero-order valence-corrected chi connectivity index (χ0v) is 19.8. The van der Waals surface area contributed by atoms with Crippen molar-refractivity contribution in [1.82, 2.24) is 4.90 Å². The molecule has 180 valence electrons. The monoisotopic (exact) mass is 478 g/mol. The first-order valence-electron chi connectivity index (χ1n) is 11.7. The van der Waals surface area contributed by atoms with E-state index >= 15 is 0 Å². The molecule has 1 aromatic rings. The van der Waals surface area contributed by atoms with Crippen molar-refractivity contribution in [3.8, 4) is 0 Å². The van der Waals surface area contributed by atoms with Crippen molar-refractivity contribution in [2.45, 2.75) is 63.2 Å². The van der Waals surface area contributed by atoms with Crippen LogP contribution in [0.3, 0.4) is 0 Å². The van der Waals surface area contributed by atoms with Gasteiger partial charge in [0.1, 0.15) is 17.6 Å². The van der Waals surface area contributed by atoms with Crippen LogP contribution in [-0.2, 0) is 23.9 Å². The summed E-state index contributed by atoms with van der Waals surface area (Å²) in [4.78, 5) is 42.0. The molecule has 1 spiro atoms. The van der Waals surface area contributed by atoms with Crippen molar-refractivity contribution < 1.29 is 29.0 Å². The second-order valence-corrected chi connectivity index (χ2v) is 9.42. The number of esters is 1. The second-order valence-electron chi connectivity index (χ2n) is 9.02. The summed E-state index contributed by atoms with van der Waals surface area (Å²) in [6, 6.07) is 6.01. The average molecular weight is 479 g/mol.